The van der Waals surface area contributed by atoms with Crippen LogP contribution in [0.25, 0.3) is 0 Å². The van der Waals surface area contributed by atoms with Crippen LogP contribution in [-0.2, 0) is 17.8 Å². The molecule has 4 nitrogen and oxygen atoms in total. The predicted molar refractivity (Wildman–Crippen MR) is 87.7 cm³/mol. The molecule has 1 aliphatic heterocycles. The molecular weight excluding hydrogens is 322 g/mol. The fourth-order valence-electron chi connectivity index (χ4n) is 2.55. The number of ether oxygens (including phenoxy) is 1. The van der Waals surface area contributed by atoms with E-state index in [1.54, 1.807) is 37.4 Å². The van der Waals surface area contributed by atoms with Crippen molar-refractivity contribution in [3.63, 3.8) is 0 Å². The lowest BCUT2D eigenvalue weighted by atomic mass is 10.1. The molecule has 0 aromatic heterocycles. The topological polar surface area (TPSA) is 55.8 Å². The summed E-state index contributed by atoms with van der Waals surface area (Å²) in [5, 5.41) is 10.9. The second-order valence-corrected chi connectivity index (χ2v) is 6.73. The highest BCUT2D eigenvalue weighted by atomic mass is 35.5. The van der Waals surface area contributed by atoms with Crippen LogP contribution in [0.15, 0.2) is 47.4 Å². The number of hydrogen-bond donors (Lipinski definition) is 1. The van der Waals surface area contributed by atoms with Gasteiger partial charge in [0.25, 0.3) is 0 Å². The zero-order chi connectivity index (χ0) is 15.7. The molecule has 3 rings (SSSR count). The molecule has 0 spiro atoms. The Kier molecular flexibility index (Phi) is 4.49. The fraction of sp³-hybridized carbons (Fsp3) is 0.250. The Morgan fingerprint density at radius 1 is 1.27 bits per heavy atom. The van der Waals surface area contributed by atoms with E-state index in [0.717, 1.165) is 5.56 Å². The summed E-state index contributed by atoms with van der Waals surface area (Å²) in [6.45, 7) is 0. The lowest BCUT2D eigenvalue weighted by molar-refractivity contribution is 0.177. The summed E-state index contributed by atoms with van der Waals surface area (Å²) in [6, 6.07) is 12.6. The number of fused-ring (bicyclic) bond motifs is 1. The van der Waals surface area contributed by atoms with E-state index >= 15 is 0 Å². The number of anilines is 1. The van der Waals surface area contributed by atoms with E-state index in [4.69, 9.17) is 16.3 Å². The van der Waals surface area contributed by atoms with Crippen molar-refractivity contribution in [1.29, 1.82) is 0 Å². The maximum absolute atomic E-state index is 13.0. The van der Waals surface area contributed by atoms with Gasteiger partial charge in [-0.3, -0.25) is 0 Å². The molecular formula is C16H16ClNO3S. The van der Waals surface area contributed by atoms with Crippen LogP contribution in [0, 0.1) is 0 Å². The van der Waals surface area contributed by atoms with Gasteiger partial charge in [-0.1, -0.05) is 23.7 Å². The van der Waals surface area contributed by atoms with Gasteiger partial charge in [0, 0.05) is 12.0 Å². The Balaban J connectivity index is 2.03. The molecule has 0 saturated carbocycles. The van der Waals surface area contributed by atoms with Crippen molar-refractivity contribution in [3.05, 3.63) is 53.1 Å². The molecule has 22 heavy (non-hydrogen) atoms. The predicted octanol–water partition coefficient (Wildman–Crippen LogP) is 3.14. The van der Waals surface area contributed by atoms with Gasteiger partial charge in [0.15, 0.2) is 6.23 Å². The lowest BCUT2D eigenvalue weighted by Gasteiger charge is -2.28. The van der Waals surface area contributed by atoms with Crippen LogP contribution in [0.5, 0.6) is 5.75 Å². The SMILES string of the molecule is COc1ccc(N2[C@@H](O)CCc3cccc(Cl)c3[S+]2[O-])cc1. The molecule has 0 saturated heterocycles. The highest BCUT2D eigenvalue weighted by molar-refractivity contribution is 7.93. The third-order valence-corrected chi connectivity index (χ3v) is 5.74. The quantitative estimate of drug-likeness (QED) is 0.855. The third kappa shape index (κ3) is 2.77. The van der Waals surface area contributed by atoms with Crippen molar-refractivity contribution >= 4 is 28.7 Å². The Labute approximate surface area is 137 Å². The van der Waals surface area contributed by atoms with Crippen molar-refractivity contribution in [2.45, 2.75) is 24.0 Å². The van der Waals surface area contributed by atoms with E-state index in [9.17, 15) is 9.66 Å². The van der Waals surface area contributed by atoms with Crippen molar-refractivity contribution < 1.29 is 14.4 Å². The highest BCUT2D eigenvalue weighted by Crippen LogP contribution is 2.36. The molecule has 0 radical (unpaired) electrons. The lowest BCUT2D eigenvalue weighted by Crippen LogP contribution is -2.39. The first-order valence-electron chi connectivity index (χ1n) is 6.92. The molecule has 1 N–H and O–H groups in total. The molecule has 116 valence electrons. The van der Waals surface area contributed by atoms with Gasteiger partial charge in [-0.25, -0.2) is 0 Å². The smallest absolute Gasteiger partial charge is 0.201 e. The summed E-state index contributed by atoms with van der Waals surface area (Å²) >= 11 is 4.68. The average Bonchev–Trinajstić information content (AvgIpc) is 2.65. The van der Waals surface area contributed by atoms with Crippen LogP contribution in [0.2, 0.25) is 5.02 Å². The highest BCUT2D eigenvalue weighted by Gasteiger charge is 2.36. The summed E-state index contributed by atoms with van der Waals surface area (Å²) in [7, 11) is 1.59. The van der Waals surface area contributed by atoms with Crippen LogP contribution >= 0.6 is 11.6 Å². The molecule has 2 atom stereocenters. The fourth-order valence-corrected chi connectivity index (χ4v) is 4.41. The van der Waals surface area contributed by atoms with Crippen molar-refractivity contribution in [1.82, 2.24) is 0 Å². The Hall–Kier alpha value is -1.40. The van der Waals surface area contributed by atoms with Gasteiger partial charge < -0.3 is 14.4 Å². The van der Waals surface area contributed by atoms with E-state index in [1.807, 2.05) is 12.1 Å². The molecule has 1 heterocycles. The van der Waals surface area contributed by atoms with Crippen molar-refractivity contribution in [2.75, 3.05) is 11.4 Å². The Morgan fingerprint density at radius 2 is 2.00 bits per heavy atom. The molecule has 1 aliphatic rings. The van der Waals surface area contributed by atoms with E-state index < -0.39 is 17.6 Å². The average molecular weight is 338 g/mol. The minimum atomic E-state index is -1.56. The Morgan fingerprint density at radius 3 is 2.68 bits per heavy atom. The van der Waals surface area contributed by atoms with E-state index in [2.05, 4.69) is 0 Å². The zero-order valence-corrected chi connectivity index (χ0v) is 13.6. The molecule has 0 amide bonds. The number of methoxy groups -OCH3 is 1. The van der Waals surface area contributed by atoms with E-state index in [0.29, 0.717) is 34.2 Å². The molecule has 0 fully saturated rings. The summed E-state index contributed by atoms with van der Waals surface area (Å²) in [5.41, 5.74) is 1.58. The van der Waals surface area contributed by atoms with Gasteiger partial charge in [0.05, 0.1) is 17.8 Å². The second kappa shape index (κ2) is 6.38. The van der Waals surface area contributed by atoms with Gasteiger partial charge in [0.1, 0.15) is 17.1 Å². The first-order valence-corrected chi connectivity index (χ1v) is 8.41. The zero-order valence-electron chi connectivity index (χ0n) is 12.0. The number of hydrogen-bond acceptors (Lipinski definition) is 4. The number of aliphatic hydroxyl groups is 1. The van der Waals surface area contributed by atoms with Crippen LogP contribution in [0.4, 0.5) is 5.69 Å². The summed E-state index contributed by atoms with van der Waals surface area (Å²) in [6.07, 6.45) is 0.290. The van der Waals surface area contributed by atoms with Gasteiger partial charge in [-0.2, -0.15) is 4.31 Å². The van der Waals surface area contributed by atoms with Gasteiger partial charge >= 0.3 is 0 Å². The van der Waals surface area contributed by atoms with E-state index in [-0.39, 0.29) is 0 Å². The van der Waals surface area contributed by atoms with Crippen LogP contribution in [-0.4, -0.2) is 23.0 Å². The summed E-state index contributed by atoms with van der Waals surface area (Å²) < 4.78 is 19.6. The summed E-state index contributed by atoms with van der Waals surface area (Å²) in [5.74, 6) is 0.706. The first kappa shape index (κ1) is 15.5. The molecule has 0 aliphatic carbocycles. The first-order chi connectivity index (χ1) is 10.6. The minimum Gasteiger partial charge on any atom is -0.588 e. The second-order valence-electron chi connectivity index (χ2n) is 5.02. The normalized spacial score (nSPS) is 21.2. The molecule has 1 unspecified atom stereocenters. The largest absolute Gasteiger partial charge is 0.588 e. The number of benzene rings is 2. The standard InChI is InChI=1S/C16H16ClNO3S/c1-21-13-8-6-12(7-9-13)18-15(19)10-5-11-3-2-4-14(17)16(11)22(18)20/h2-4,6-9,15,19H,5,10H2,1H3/t15-,22?/m0/s1. The molecule has 2 aromatic carbocycles. The number of aryl methyl sites for hydroxylation is 1. The molecule has 6 heteroatoms. The van der Waals surface area contributed by atoms with Gasteiger partial charge in [-0.05, 0) is 36.8 Å². The maximum Gasteiger partial charge on any atom is 0.201 e. The monoisotopic (exact) mass is 337 g/mol. The third-order valence-electron chi connectivity index (χ3n) is 3.67. The van der Waals surface area contributed by atoms with Gasteiger partial charge in [0.2, 0.25) is 4.90 Å². The molecule has 2 aromatic rings. The number of rotatable bonds is 2. The maximum atomic E-state index is 13.0. The van der Waals surface area contributed by atoms with Crippen LogP contribution < -0.4 is 9.04 Å². The summed E-state index contributed by atoms with van der Waals surface area (Å²) in [4.78, 5) is 0.580. The van der Waals surface area contributed by atoms with Crippen molar-refractivity contribution in [2.24, 2.45) is 0 Å². The van der Waals surface area contributed by atoms with Crippen LogP contribution in [0.1, 0.15) is 12.0 Å². The number of aliphatic hydroxyl groups excluding tert-OH is 1. The number of nitrogens with zero attached hydrogens (tertiary/aromatic N) is 1. The minimum absolute atomic E-state index is 0.462. The van der Waals surface area contributed by atoms with Crippen molar-refractivity contribution in [3.8, 4) is 5.75 Å². The van der Waals surface area contributed by atoms with Crippen LogP contribution in [0.3, 0.4) is 0 Å². The van der Waals surface area contributed by atoms with Gasteiger partial charge in [-0.15, -0.1) is 0 Å². The number of halogens is 1. The Bertz CT molecular complexity index is 665. The van der Waals surface area contributed by atoms with E-state index in [1.165, 1.54) is 4.31 Å². The molecule has 0 bridgehead atoms.